The summed E-state index contributed by atoms with van der Waals surface area (Å²) in [4.78, 5) is 12.2. The summed E-state index contributed by atoms with van der Waals surface area (Å²) in [5.41, 5.74) is 0. The monoisotopic (exact) mass is 222 g/mol. The molecule has 0 radical (unpaired) electrons. The largest absolute Gasteiger partial charge is 0.352 e. The van der Waals surface area contributed by atoms with Crippen LogP contribution in [-0.2, 0) is 4.79 Å². The van der Waals surface area contributed by atoms with Gasteiger partial charge in [0.25, 0.3) is 0 Å². The molecule has 16 heavy (non-hydrogen) atoms. The summed E-state index contributed by atoms with van der Waals surface area (Å²) in [5.74, 6) is 2.40. The molecule has 0 aromatic carbocycles. The molecular weight excluding hydrogens is 200 g/mol. The zero-order valence-corrected chi connectivity index (χ0v) is 10.0. The molecule has 3 rings (SSSR count). The smallest absolute Gasteiger partial charge is 0.237 e. The van der Waals surface area contributed by atoms with Crippen LogP contribution in [0.25, 0.3) is 0 Å². The van der Waals surface area contributed by atoms with E-state index in [9.17, 15) is 4.79 Å². The average molecular weight is 222 g/mol. The second-order valence-electron chi connectivity index (χ2n) is 5.88. The van der Waals surface area contributed by atoms with Crippen LogP contribution in [0.15, 0.2) is 0 Å². The summed E-state index contributed by atoms with van der Waals surface area (Å²) in [5, 5.41) is 6.61. The number of fused-ring (bicyclic) bond motifs is 1. The molecule has 1 amide bonds. The summed E-state index contributed by atoms with van der Waals surface area (Å²) in [6.07, 6.45) is 6.48. The van der Waals surface area contributed by atoms with Gasteiger partial charge in [-0.05, 0) is 56.9 Å². The van der Waals surface area contributed by atoms with Gasteiger partial charge in [-0.25, -0.2) is 0 Å². The first kappa shape index (κ1) is 10.6. The van der Waals surface area contributed by atoms with Gasteiger partial charge in [-0.3, -0.25) is 4.79 Å². The predicted molar refractivity (Wildman–Crippen MR) is 63.0 cm³/mol. The lowest BCUT2D eigenvalue weighted by molar-refractivity contribution is -0.124. The van der Waals surface area contributed by atoms with E-state index in [-0.39, 0.29) is 11.9 Å². The lowest BCUT2D eigenvalue weighted by Crippen LogP contribution is -2.47. The molecule has 2 N–H and O–H groups in total. The lowest BCUT2D eigenvalue weighted by atomic mass is 9.93. The van der Waals surface area contributed by atoms with E-state index in [1.807, 2.05) is 0 Å². The van der Waals surface area contributed by atoms with Crippen molar-refractivity contribution in [2.45, 2.75) is 51.1 Å². The quantitative estimate of drug-likeness (QED) is 0.755. The molecule has 3 fully saturated rings. The van der Waals surface area contributed by atoms with E-state index in [2.05, 4.69) is 17.6 Å². The van der Waals surface area contributed by atoms with Crippen LogP contribution in [0.1, 0.15) is 39.0 Å². The fourth-order valence-corrected chi connectivity index (χ4v) is 3.50. The molecule has 1 saturated heterocycles. The summed E-state index contributed by atoms with van der Waals surface area (Å²) in [7, 11) is 0. The number of nitrogens with one attached hydrogen (secondary N) is 2. The Morgan fingerprint density at radius 2 is 2.12 bits per heavy atom. The van der Waals surface area contributed by atoms with E-state index < -0.39 is 0 Å². The van der Waals surface area contributed by atoms with E-state index in [4.69, 9.17) is 0 Å². The van der Waals surface area contributed by atoms with E-state index in [0.717, 1.165) is 18.4 Å². The highest BCUT2D eigenvalue weighted by atomic mass is 16.2. The van der Waals surface area contributed by atoms with Crippen molar-refractivity contribution in [3.8, 4) is 0 Å². The third kappa shape index (κ3) is 1.86. The van der Waals surface area contributed by atoms with E-state index in [1.54, 1.807) is 0 Å². The van der Waals surface area contributed by atoms with Crippen LogP contribution in [0.5, 0.6) is 0 Å². The minimum Gasteiger partial charge on any atom is -0.352 e. The molecule has 4 unspecified atom stereocenters. The van der Waals surface area contributed by atoms with Crippen molar-refractivity contribution in [2.75, 3.05) is 6.54 Å². The van der Waals surface area contributed by atoms with Gasteiger partial charge in [-0.2, -0.15) is 0 Å². The molecule has 1 heterocycles. The first-order valence-corrected chi connectivity index (χ1v) is 6.79. The van der Waals surface area contributed by atoms with Crippen LogP contribution < -0.4 is 10.6 Å². The molecule has 1 aliphatic heterocycles. The number of amides is 1. The molecule has 0 bridgehead atoms. The Balaban J connectivity index is 1.57. The lowest BCUT2D eigenvalue weighted by Gasteiger charge is -2.20. The molecule has 4 atom stereocenters. The number of hydrogen-bond acceptors (Lipinski definition) is 2. The van der Waals surface area contributed by atoms with Gasteiger partial charge in [0, 0.05) is 6.04 Å². The molecular formula is C13H22N2O. The summed E-state index contributed by atoms with van der Waals surface area (Å²) in [6, 6.07) is 0.489. The van der Waals surface area contributed by atoms with Gasteiger partial charge in [0.15, 0.2) is 0 Å². The Bertz CT molecular complexity index is 288. The zero-order valence-electron chi connectivity index (χ0n) is 10.0. The van der Waals surface area contributed by atoms with Crippen molar-refractivity contribution in [2.24, 2.45) is 17.8 Å². The maximum Gasteiger partial charge on any atom is 0.237 e. The van der Waals surface area contributed by atoms with Crippen molar-refractivity contribution >= 4 is 5.91 Å². The summed E-state index contributed by atoms with van der Waals surface area (Å²) < 4.78 is 0. The first-order chi connectivity index (χ1) is 7.75. The third-order valence-electron chi connectivity index (χ3n) is 4.73. The summed E-state index contributed by atoms with van der Waals surface area (Å²) in [6.45, 7) is 3.21. The number of hydrogen-bond donors (Lipinski definition) is 2. The van der Waals surface area contributed by atoms with Gasteiger partial charge in [0.1, 0.15) is 0 Å². The molecule has 2 saturated carbocycles. The predicted octanol–water partition coefficient (Wildman–Crippen LogP) is 1.29. The van der Waals surface area contributed by atoms with Gasteiger partial charge in [0.05, 0.1) is 6.04 Å². The maximum absolute atomic E-state index is 12.2. The second kappa shape index (κ2) is 4.02. The van der Waals surface area contributed by atoms with Crippen LogP contribution in [-0.4, -0.2) is 24.5 Å². The van der Waals surface area contributed by atoms with Crippen molar-refractivity contribution in [3.05, 3.63) is 0 Å². The molecule has 3 nitrogen and oxygen atoms in total. The molecule has 0 aromatic heterocycles. The van der Waals surface area contributed by atoms with Crippen LogP contribution in [0.3, 0.4) is 0 Å². The Hall–Kier alpha value is -0.570. The van der Waals surface area contributed by atoms with Gasteiger partial charge < -0.3 is 10.6 Å². The fourth-order valence-electron chi connectivity index (χ4n) is 3.50. The molecule has 0 aromatic rings. The number of carbonyl (C=O) groups is 1. The van der Waals surface area contributed by atoms with Gasteiger partial charge in [0.2, 0.25) is 5.91 Å². The fraction of sp³-hybridized carbons (Fsp3) is 0.923. The molecule has 2 aliphatic carbocycles. The highest BCUT2D eigenvalue weighted by molar-refractivity contribution is 5.82. The number of rotatable bonds is 3. The second-order valence-corrected chi connectivity index (χ2v) is 5.88. The zero-order chi connectivity index (χ0) is 11.1. The summed E-state index contributed by atoms with van der Waals surface area (Å²) >= 11 is 0. The normalized spacial score (nSPS) is 39.4. The Morgan fingerprint density at radius 1 is 1.31 bits per heavy atom. The molecule has 3 aliphatic rings. The SMILES string of the molecule is CC(NC(=O)C1NCC2CCCC21)C1CC1. The van der Waals surface area contributed by atoms with Crippen molar-refractivity contribution in [3.63, 3.8) is 0 Å². The van der Waals surface area contributed by atoms with Gasteiger partial charge >= 0.3 is 0 Å². The van der Waals surface area contributed by atoms with E-state index in [1.165, 1.54) is 32.1 Å². The van der Waals surface area contributed by atoms with Crippen LogP contribution in [0, 0.1) is 17.8 Å². The Labute approximate surface area is 97.4 Å². The molecule has 3 heteroatoms. The van der Waals surface area contributed by atoms with Gasteiger partial charge in [-0.15, -0.1) is 0 Å². The van der Waals surface area contributed by atoms with Crippen molar-refractivity contribution in [1.29, 1.82) is 0 Å². The molecule has 90 valence electrons. The van der Waals surface area contributed by atoms with Crippen LogP contribution >= 0.6 is 0 Å². The Kier molecular flexibility index (Phi) is 2.66. The topological polar surface area (TPSA) is 41.1 Å². The minimum absolute atomic E-state index is 0.105. The average Bonchev–Trinajstić information content (AvgIpc) is 2.86. The van der Waals surface area contributed by atoms with Gasteiger partial charge in [-0.1, -0.05) is 6.42 Å². The number of carbonyl (C=O) groups excluding carboxylic acids is 1. The molecule has 0 spiro atoms. The first-order valence-electron chi connectivity index (χ1n) is 6.79. The minimum atomic E-state index is 0.105. The van der Waals surface area contributed by atoms with Crippen molar-refractivity contribution < 1.29 is 4.79 Å². The van der Waals surface area contributed by atoms with Crippen molar-refractivity contribution in [1.82, 2.24) is 10.6 Å². The van der Waals surface area contributed by atoms with Crippen LogP contribution in [0.2, 0.25) is 0 Å². The maximum atomic E-state index is 12.2. The van der Waals surface area contributed by atoms with E-state index in [0.29, 0.717) is 12.0 Å². The van der Waals surface area contributed by atoms with E-state index >= 15 is 0 Å². The van der Waals surface area contributed by atoms with Crippen LogP contribution in [0.4, 0.5) is 0 Å². The Morgan fingerprint density at radius 3 is 2.88 bits per heavy atom. The highest BCUT2D eigenvalue weighted by Crippen LogP contribution is 2.38. The standard InChI is InChI=1S/C13H22N2O/c1-8(9-5-6-9)15-13(16)12-11-4-2-3-10(11)7-14-12/h8-12,14H,2-7H2,1H3,(H,15,16). The third-order valence-corrected chi connectivity index (χ3v) is 4.73. The highest BCUT2D eigenvalue weighted by Gasteiger charge is 2.43.